The Bertz CT molecular complexity index is 747. The molecule has 1 aromatic rings. The van der Waals surface area contributed by atoms with Crippen LogP contribution in [-0.4, -0.2) is 36.6 Å². The highest BCUT2D eigenvalue weighted by molar-refractivity contribution is 7.16. The molecule has 1 aliphatic heterocycles. The number of nitrogens with one attached hydrogen (secondary N) is 2. The van der Waals surface area contributed by atoms with Crippen molar-refractivity contribution in [2.45, 2.75) is 26.2 Å². The first-order chi connectivity index (χ1) is 11.5. The summed E-state index contributed by atoms with van der Waals surface area (Å²) in [6.07, 6.45) is 3.79. The average molecular weight is 349 g/mol. The monoisotopic (exact) mass is 349 g/mol. The molecule has 1 aromatic heterocycles. The molecule has 8 nitrogen and oxygen atoms in total. The third kappa shape index (κ3) is 2.94. The van der Waals surface area contributed by atoms with E-state index in [0.29, 0.717) is 10.6 Å². The van der Waals surface area contributed by atoms with Gasteiger partial charge in [-0.1, -0.05) is 0 Å². The number of hydrogen-bond acceptors (Lipinski definition) is 7. The van der Waals surface area contributed by atoms with Crippen molar-refractivity contribution >= 4 is 46.4 Å². The first-order valence-corrected chi connectivity index (χ1v) is 8.34. The summed E-state index contributed by atoms with van der Waals surface area (Å²) in [5, 5.41) is 4.43. The summed E-state index contributed by atoms with van der Waals surface area (Å²) in [4.78, 5) is 52.0. The quantitative estimate of drug-likeness (QED) is 0.480. The van der Waals surface area contributed by atoms with Gasteiger partial charge in [-0.05, 0) is 31.7 Å². The van der Waals surface area contributed by atoms with Crippen LogP contribution in [0, 0.1) is 5.92 Å². The molecule has 0 saturated carbocycles. The maximum Gasteiger partial charge on any atom is 0.341 e. The third-order valence-corrected chi connectivity index (χ3v) is 4.96. The molecule has 3 rings (SSSR count). The lowest BCUT2D eigenvalue weighted by molar-refractivity contribution is -0.132. The van der Waals surface area contributed by atoms with Gasteiger partial charge in [0.25, 0.3) is 0 Å². The Morgan fingerprint density at radius 3 is 2.67 bits per heavy atom. The molecule has 0 aromatic carbocycles. The van der Waals surface area contributed by atoms with Gasteiger partial charge in [0, 0.05) is 11.1 Å². The molecular weight excluding hydrogens is 334 g/mol. The number of aliphatic imine (C=N–C) groups is 1. The lowest BCUT2D eigenvalue weighted by atomic mass is 10.1. The Morgan fingerprint density at radius 2 is 2.00 bits per heavy atom. The summed E-state index contributed by atoms with van der Waals surface area (Å²) in [5.74, 6) is -3.14. The predicted octanol–water partition coefficient (Wildman–Crippen LogP) is 1.10. The fourth-order valence-electron chi connectivity index (χ4n) is 2.70. The van der Waals surface area contributed by atoms with E-state index < -0.39 is 29.7 Å². The highest BCUT2D eigenvalue weighted by atomic mass is 32.1. The number of nitrogens with zero attached hydrogens (tertiary/aromatic N) is 1. The molecule has 126 valence electrons. The summed E-state index contributed by atoms with van der Waals surface area (Å²) < 4.78 is 5.09. The minimum Gasteiger partial charge on any atom is -0.462 e. The number of rotatable bonds is 4. The molecule has 24 heavy (non-hydrogen) atoms. The number of fused-ring (bicyclic) bond motifs is 1. The van der Waals surface area contributed by atoms with Crippen LogP contribution in [0.3, 0.4) is 0 Å². The van der Waals surface area contributed by atoms with E-state index >= 15 is 0 Å². The predicted molar refractivity (Wildman–Crippen MR) is 85.6 cm³/mol. The number of imide groups is 2. The lowest BCUT2D eigenvalue weighted by Crippen LogP contribution is -2.56. The number of hydrogen-bond donors (Lipinski definition) is 2. The van der Waals surface area contributed by atoms with E-state index in [0.717, 1.165) is 35.9 Å². The van der Waals surface area contributed by atoms with Crippen molar-refractivity contribution in [1.82, 2.24) is 10.6 Å². The van der Waals surface area contributed by atoms with Crippen molar-refractivity contribution in [3.8, 4) is 0 Å². The van der Waals surface area contributed by atoms with Gasteiger partial charge in [-0.25, -0.2) is 14.6 Å². The zero-order chi connectivity index (χ0) is 17.3. The van der Waals surface area contributed by atoms with E-state index in [1.54, 1.807) is 6.92 Å². The molecule has 0 atom stereocenters. The van der Waals surface area contributed by atoms with Gasteiger partial charge in [-0.15, -0.1) is 11.3 Å². The minimum absolute atomic E-state index is 0.252. The highest BCUT2D eigenvalue weighted by Gasteiger charge is 2.33. The molecular formula is C15H15N3O5S. The van der Waals surface area contributed by atoms with Crippen molar-refractivity contribution in [1.29, 1.82) is 0 Å². The molecule has 0 radical (unpaired) electrons. The molecule has 0 bridgehead atoms. The van der Waals surface area contributed by atoms with Crippen LogP contribution in [0.25, 0.3) is 0 Å². The molecule has 1 aliphatic carbocycles. The van der Waals surface area contributed by atoms with Gasteiger partial charge in [-0.2, -0.15) is 0 Å². The van der Waals surface area contributed by atoms with Gasteiger partial charge in [0.05, 0.1) is 12.2 Å². The zero-order valence-corrected chi connectivity index (χ0v) is 13.7. The molecule has 2 N–H and O–H groups in total. The van der Waals surface area contributed by atoms with Crippen molar-refractivity contribution in [3.05, 3.63) is 16.0 Å². The molecule has 0 unspecified atom stereocenters. The van der Waals surface area contributed by atoms with Crippen LogP contribution in [0.2, 0.25) is 0 Å². The SMILES string of the molecule is CCOC(=O)c1c(N=CC2C(=O)NC(=O)NC2=O)sc2c1CCC2. The topological polar surface area (TPSA) is 114 Å². The minimum atomic E-state index is -1.21. The van der Waals surface area contributed by atoms with Gasteiger partial charge in [-0.3, -0.25) is 20.2 Å². The summed E-state index contributed by atoms with van der Waals surface area (Å²) in [6.45, 7) is 1.98. The van der Waals surface area contributed by atoms with Crippen LogP contribution in [-0.2, 0) is 27.2 Å². The fourth-order valence-corrected chi connectivity index (χ4v) is 3.93. The number of aryl methyl sites for hydroxylation is 1. The maximum absolute atomic E-state index is 12.2. The van der Waals surface area contributed by atoms with Crippen LogP contribution in [0.15, 0.2) is 4.99 Å². The van der Waals surface area contributed by atoms with Crippen LogP contribution >= 0.6 is 11.3 Å². The first-order valence-electron chi connectivity index (χ1n) is 7.52. The molecule has 1 saturated heterocycles. The van der Waals surface area contributed by atoms with E-state index in [9.17, 15) is 19.2 Å². The largest absolute Gasteiger partial charge is 0.462 e. The Labute approximate surface area is 141 Å². The lowest BCUT2D eigenvalue weighted by Gasteiger charge is -2.16. The van der Waals surface area contributed by atoms with Crippen LogP contribution < -0.4 is 10.6 Å². The number of thiophene rings is 1. The van der Waals surface area contributed by atoms with Gasteiger partial charge in [0.1, 0.15) is 5.00 Å². The number of carbonyl (C=O) groups excluding carboxylic acids is 4. The van der Waals surface area contributed by atoms with Crippen molar-refractivity contribution in [3.63, 3.8) is 0 Å². The van der Waals surface area contributed by atoms with Crippen LogP contribution in [0.1, 0.15) is 34.1 Å². The van der Waals surface area contributed by atoms with E-state index in [1.165, 1.54) is 11.3 Å². The molecule has 4 amide bonds. The number of amides is 4. The average Bonchev–Trinajstić information content (AvgIpc) is 3.06. The molecule has 9 heteroatoms. The second-order valence-corrected chi connectivity index (χ2v) is 6.41. The normalized spacial score (nSPS) is 17.8. The standard InChI is InChI=1S/C15H15N3O5S/c1-2-23-14(21)10-7-4-3-5-9(7)24-13(10)16-6-8-11(19)17-15(22)18-12(8)20/h6,8H,2-5H2,1H3,(H2,17,18,19,20,22). The Kier molecular flexibility index (Phi) is 4.43. The number of urea groups is 1. The second-order valence-electron chi connectivity index (χ2n) is 5.32. The molecule has 2 heterocycles. The Balaban J connectivity index is 1.90. The number of carbonyl (C=O) groups is 4. The van der Waals surface area contributed by atoms with Crippen molar-refractivity contribution in [2.75, 3.05) is 6.61 Å². The highest BCUT2D eigenvalue weighted by Crippen LogP contribution is 2.41. The number of barbiturate groups is 1. The van der Waals surface area contributed by atoms with Crippen molar-refractivity contribution in [2.24, 2.45) is 10.9 Å². The zero-order valence-electron chi connectivity index (χ0n) is 12.9. The molecule has 0 spiro atoms. The van der Waals surface area contributed by atoms with E-state index in [4.69, 9.17) is 4.74 Å². The third-order valence-electron chi connectivity index (χ3n) is 3.76. The Hall–Kier alpha value is -2.55. The number of esters is 1. The molecule has 1 fully saturated rings. The van der Waals surface area contributed by atoms with Gasteiger partial charge < -0.3 is 4.74 Å². The summed E-state index contributed by atoms with van der Waals surface area (Å²) >= 11 is 1.37. The second kappa shape index (κ2) is 6.52. The van der Waals surface area contributed by atoms with Crippen LogP contribution in [0.5, 0.6) is 0 Å². The smallest absolute Gasteiger partial charge is 0.341 e. The Morgan fingerprint density at radius 1 is 1.29 bits per heavy atom. The van der Waals surface area contributed by atoms with Gasteiger partial charge >= 0.3 is 12.0 Å². The summed E-state index contributed by atoms with van der Waals surface area (Å²) in [7, 11) is 0. The fraction of sp³-hybridized carbons (Fsp3) is 0.400. The van der Waals surface area contributed by atoms with Crippen LogP contribution in [0.4, 0.5) is 9.80 Å². The van der Waals surface area contributed by atoms with E-state index in [2.05, 4.69) is 4.99 Å². The maximum atomic E-state index is 12.2. The van der Waals surface area contributed by atoms with Crippen molar-refractivity contribution < 1.29 is 23.9 Å². The van der Waals surface area contributed by atoms with E-state index in [-0.39, 0.29) is 6.61 Å². The number of ether oxygens (including phenoxy) is 1. The van der Waals surface area contributed by atoms with Gasteiger partial charge in [0.15, 0.2) is 5.92 Å². The molecule has 2 aliphatic rings. The van der Waals surface area contributed by atoms with Gasteiger partial charge in [0.2, 0.25) is 11.8 Å². The van der Waals surface area contributed by atoms with E-state index in [1.807, 2.05) is 10.6 Å². The first kappa shape index (κ1) is 16.3. The summed E-state index contributed by atoms with van der Waals surface area (Å²) in [6, 6.07) is -0.850. The summed E-state index contributed by atoms with van der Waals surface area (Å²) in [5.41, 5.74) is 1.36.